The summed E-state index contributed by atoms with van der Waals surface area (Å²) in [6.45, 7) is 2.84. The maximum atomic E-state index is 5.68. The van der Waals surface area contributed by atoms with Gasteiger partial charge >= 0.3 is 0 Å². The topological polar surface area (TPSA) is 50.9 Å². The molecule has 3 N–H and O–H groups in total. The lowest BCUT2D eigenvalue weighted by molar-refractivity contribution is 0.634. The summed E-state index contributed by atoms with van der Waals surface area (Å²) >= 11 is 5.03. The Kier molecular flexibility index (Phi) is 3.40. The Morgan fingerprint density at radius 3 is 2.95 bits per heavy atom. The number of hydrogen-bond acceptors (Lipinski definition) is 3. The molecule has 2 aromatic rings. The molecule has 0 fully saturated rings. The molecule has 3 nitrogen and oxygen atoms in total. The third-order valence-electron chi connectivity index (χ3n) is 3.73. The van der Waals surface area contributed by atoms with Gasteiger partial charge in [0.15, 0.2) is 0 Å². The lowest BCUT2D eigenvalue weighted by atomic mass is 9.77. The van der Waals surface area contributed by atoms with Gasteiger partial charge in [0, 0.05) is 23.7 Å². The van der Waals surface area contributed by atoms with Crippen LogP contribution in [0.1, 0.15) is 28.3 Å². The first kappa shape index (κ1) is 13.1. The second kappa shape index (κ2) is 5.21. The van der Waals surface area contributed by atoms with Crippen molar-refractivity contribution in [1.29, 1.82) is 0 Å². The fraction of sp³-hybridized carbons (Fsp3) is 0.250. The molecule has 1 aromatic carbocycles. The molecule has 102 valence electrons. The smallest absolute Gasteiger partial charge is 0.126 e. The SMILES string of the molecule is Cc1cc(C(N)=S)cc(NCC2Cc3ccccc32)n1. The molecule has 0 amide bonds. The van der Waals surface area contributed by atoms with E-state index >= 15 is 0 Å². The molecule has 0 saturated heterocycles. The second-order valence-electron chi connectivity index (χ2n) is 5.23. The van der Waals surface area contributed by atoms with Gasteiger partial charge in [-0.25, -0.2) is 4.98 Å². The zero-order chi connectivity index (χ0) is 14.1. The van der Waals surface area contributed by atoms with Crippen molar-refractivity contribution >= 4 is 23.0 Å². The highest BCUT2D eigenvalue weighted by atomic mass is 32.1. The quantitative estimate of drug-likeness (QED) is 0.847. The van der Waals surface area contributed by atoms with Crippen LogP contribution in [-0.4, -0.2) is 16.5 Å². The molecule has 0 saturated carbocycles. The minimum absolute atomic E-state index is 0.410. The number of nitrogens with two attached hydrogens (primary N) is 1. The van der Waals surface area contributed by atoms with Crippen LogP contribution in [0.15, 0.2) is 36.4 Å². The highest BCUT2D eigenvalue weighted by Gasteiger charge is 2.24. The average Bonchev–Trinajstić information content (AvgIpc) is 2.39. The lowest BCUT2D eigenvalue weighted by Gasteiger charge is -2.30. The number of rotatable bonds is 4. The van der Waals surface area contributed by atoms with Gasteiger partial charge in [0.2, 0.25) is 0 Å². The highest BCUT2D eigenvalue weighted by molar-refractivity contribution is 7.80. The third-order valence-corrected chi connectivity index (χ3v) is 3.96. The van der Waals surface area contributed by atoms with Gasteiger partial charge < -0.3 is 11.1 Å². The van der Waals surface area contributed by atoms with Crippen molar-refractivity contribution in [1.82, 2.24) is 4.98 Å². The molecular formula is C16H17N3S. The van der Waals surface area contributed by atoms with Crippen molar-refractivity contribution in [2.24, 2.45) is 5.73 Å². The van der Waals surface area contributed by atoms with Gasteiger partial charge in [-0.05, 0) is 36.6 Å². The van der Waals surface area contributed by atoms with E-state index in [-0.39, 0.29) is 0 Å². The van der Waals surface area contributed by atoms with E-state index in [1.54, 1.807) is 0 Å². The number of nitrogens with one attached hydrogen (secondary N) is 1. The lowest BCUT2D eigenvalue weighted by Crippen LogP contribution is -2.24. The van der Waals surface area contributed by atoms with Crippen LogP contribution in [0.5, 0.6) is 0 Å². The van der Waals surface area contributed by atoms with Gasteiger partial charge in [-0.3, -0.25) is 0 Å². The van der Waals surface area contributed by atoms with Gasteiger partial charge in [0.1, 0.15) is 10.8 Å². The van der Waals surface area contributed by atoms with Crippen molar-refractivity contribution in [3.8, 4) is 0 Å². The van der Waals surface area contributed by atoms with Crippen molar-refractivity contribution in [3.63, 3.8) is 0 Å². The van der Waals surface area contributed by atoms with Crippen LogP contribution in [0.2, 0.25) is 0 Å². The maximum absolute atomic E-state index is 5.68. The summed E-state index contributed by atoms with van der Waals surface area (Å²) in [7, 11) is 0. The molecule has 4 heteroatoms. The van der Waals surface area contributed by atoms with Crippen molar-refractivity contribution in [3.05, 3.63) is 58.8 Å². The summed E-state index contributed by atoms with van der Waals surface area (Å²) < 4.78 is 0. The summed E-state index contributed by atoms with van der Waals surface area (Å²) in [5.41, 5.74) is 10.4. The van der Waals surface area contributed by atoms with Crippen LogP contribution in [0.25, 0.3) is 0 Å². The van der Waals surface area contributed by atoms with E-state index in [4.69, 9.17) is 18.0 Å². The van der Waals surface area contributed by atoms with Crippen LogP contribution in [0, 0.1) is 6.92 Å². The summed E-state index contributed by atoms with van der Waals surface area (Å²) in [6, 6.07) is 12.4. The first-order valence-electron chi connectivity index (χ1n) is 6.73. The molecule has 0 radical (unpaired) electrons. The Bertz CT molecular complexity index is 667. The van der Waals surface area contributed by atoms with E-state index < -0.39 is 0 Å². The van der Waals surface area contributed by atoms with E-state index in [2.05, 4.69) is 34.6 Å². The van der Waals surface area contributed by atoms with Gasteiger partial charge in [0.25, 0.3) is 0 Å². The van der Waals surface area contributed by atoms with Gasteiger partial charge in [0.05, 0.1) is 0 Å². The minimum Gasteiger partial charge on any atom is -0.389 e. The zero-order valence-electron chi connectivity index (χ0n) is 11.4. The molecule has 0 bridgehead atoms. The fourth-order valence-electron chi connectivity index (χ4n) is 2.67. The number of pyridine rings is 1. The highest BCUT2D eigenvalue weighted by Crippen LogP contribution is 2.34. The molecule has 0 aliphatic heterocycles. The van der Waals surface area contributed by atoms with Crippen LogP contribution < -0.4 is 11.1 Å². The number of anilines is 1. The van der Waals surface area contributed by atoms with E-state index in [1.807, 2.05) is 19.1 Å². The summed E-state index contributed by atoms with van der Waals surface area (Å²) in [5, 5.41) is 3.40. The monoisotopic (exact) mass is 283 g/mol. The number of fused-ring (bicyclic) bond motifs is 1. The van der Waals surface area contributed by atoms with Crippen LogP contribution >= 0.6 is 12.2 Å². The molecule has 0 spiro atoms. The number of aromatic nitrogens is 1. The molecule has 20 heavy (non-hydrogen) atoms. The summed E-state index contributed by atoms with van der Waals surface area (Å²) in [5.74, 6) is 1.42. The standard InChI is InChI=1S/C16H17N3S/c1-10-6-12(16(17)20)8-15(19-10)18-9-13-7-11-4-2-3-5-14(11)13/h2-6,8,13H,7,9H2,1H3,(H2,17,20)(H,18,19). The minimum atomic E-state index is 0.410. The van der Waals surface area contributed by atoms with Gasteiger partial charge in [-0.15, -0.1) is 0 Å². The number of thiocarbonyl (C=S) groups is 1. The third kappa shape index (κ3) is 2.51. The summed E-state index contributed by atoms with van der Waals surface area (Å²) in [6.07, 6.45) is 1.14. The molecule has 3 rings (SSSR count). The second-order valence-corrected chi connectivity index (χ2v) is 5.67. The summed E-state index contributed by atoms with van der Waals surface area (Å²) in [4.78, 5) is 4.89. The molecule has 1 unspecified atom stereocenters. The van der Waals surface area contributed by atoms with E-state index in [9.17, 15) is 0 Å². The Morgan fingerprint density at radius 1 is 1.40 bits per heavy atom. The number of benzene rings is 1. The predicted molar refractivity (Wildman–Crippen MR) is 86.2 cm³/mol. The molecule has 1 aromatic heterocycles. The molecule has 1 atom stereocenters. The molecular weight excluding hydrogens is 266 g/mol. The zero-order valence-corrected chi connectivity index (χ0v) is 12.2. The molecule has 1 aliphatic rings. The van der Waals surface area contributed by atoms with Crippen LogP contribution in [0.4, 0.5) is 5.82 Å². The maximum Gasteiger partial charge on any atom is 0.126 e. The number of nitrogens with zero attached hydrogens (tertiary/aromatic N) is 1. The van der Waals surface area contributed by atoms with Gasteiger partial charge in [-0.1, -0.05) is 36.5 Å². The number of hydrogen-bond donors (Lipinski definition) is 2. The van der Waals surface area contributed by atoms with Gasteiger partial charge in [-0.2, -0.15) is 0 Å². The van der Waals surface area contributed by atoms with Crippen molar-refractivity contribution in [2.45, 2.75) is 19.3 Å². The number of aryl methyl sites for hydroxylation is 1. The van der Waals surface area contributed by atoms with Crippen molar-refractivity contribution in [2.75, 3.05) is 11.9 Å². The van der Waals surface area contributed by atoms with Crippen LogP contribution in [-0.2, 0) is 6.42 Å². The van der Waals surface area contributed by atoms with E-state index in [1.165, 1.54) is 11.1 Å². The first-order chi connectivity index (χ1) is 9.63. The molecule has 1 aliphatic carbocycles. The largest absolute Gasteiger partial charge is 0.389 e. The van der Waals surface area contributed by atoms with E-state index in [0.717, 1.165) is 30.0 Å². The van der Waals surface area contributed by atoms with Crippen molar-refractivity contribution < 1.29 is 0 Å². The van der Waals surface area contributed by atoms with Crippen LogP contribution in [0.3, 0.4) is 0 Å². The first-order valence-corrected chi connectivity index (χ1v) is 7.14. The Balaban J connectivity index is 1.69. The Morgan fingerprint density at radius 2 is 2.20 bits per heavy atom. The Hall–Kier alpha value is -1.94. The fourth-order valence-corrected chi connectivity index (χ4v) is 2.79. The van der Waals surface area contributed by atoms with E-state index in [0.29, 0.717) is 10.9 Å². The predicted octanol–water partition coefficient (Wildman–Crippen LogP) is 2.78. The molecule has 1 heterocycles. The normalized spacial score (nSPS) is 16.1. The Labute approximate surface area is 124 Å². The average molecular weight is 283 g/mol.